The number of hydrogen-bond donors (Lipinski definition) is 1. The number of pyridine rings is 1. The van der Waals surface area contributed by atoms with Crippen LogP contribution in [0.2, 0.25) is 0 Å². The number of nitrogens with one attached hydrogen (secondary N) is 1. The van der Waals surface area contributed by atoms with E-state index in [1.165, 1.54) is 63.6 Å². The van der Waals surface area contributed by atoms with E-state index in [1.807, 2.05) is 23.6 Å². The highest BCUT2D eigenvalue weighted by Crippen LogP contribution is 2.53. The fraction of sp³-hybridized carbons (Fsp3) is 0.0455. The molecular weight excluding hydrogens is 617 g/mol. The summed E-state index contributed by atoms with van der Waals surface area (Å²) >= 11 is 1.86. The Morgan fingerprint density at radius 1 is 0.592 bits per heavy atom. The number of rotatable bonds is 1. The smallest absolute Gasteiger partial charge is 0.209 e. The molecule has 0 bridgehead atoms. The molecule has 1 atom stereocenters. The van der Waals surface area contributed by atoms with E-state index in [0.29, 0.717) is 0 Å². The van der Waals surface area contributed by atoms with Crippen LogP contribution in [0.4, 0.5) is 17.1 Å². The lowest BCUT2D eigenvalue weighted by Gasteiger charge is -2.40. The van der Waals surface area contributed by atoms with E-state index in [1.54, 1.807) is 0 Å². The van der Waals surface area contributed by atoms with Crippen molar-refractivity contribution in [2.24, 2.45) is 4.99 Å². The van der Waals surface area contributed by atoms with E-state index in [4.69, 9.17) is 9.98 Å². The first-order chi connectivity index (χ1) is 24.2. The van der Waals surface area contributed by atoms with Crippen molar-refractivity contribution in [1.82, 2.24) is 4.98 Å². The summed E-state index contributed by atoms with van der Waals surface area (Å²) < 4.78 is 2.57. The average Bonchev–Trinajstić information content (AvgIpc) is 3.53. The Kier molecular flexibility index (Phi) is 5.37. The highest BCUT2D eigenvalue weighted by molar-refractivity contribution is 7.26. The Labute approximate surface area is 286 Å². The lowest BCUT2D eigenvalue weighted by molar-refractivity contribution is 0.586. The lowest BCUT2D eigenvalue weighted by Crippen LogP contribution is -2.41. The van der Waals surface area contributed by atoms with Gasteiger partial charge in [-0.3, -0.25) is 9.88 Å². The largest absolute Gasteiger partial charge is 0.324 e. The number of thiophene rings is 1. The molecule has 0 aliphatic carbocycles. The standard InChI is InChI=1S/C44H28N4S/c1-44(34-24-26-12-2-3-13-27(26)28-14-4-5-15-29(28)34)42-35(20-11-23-45-42)46-43(47-44)48-36-21-8-6-16-30(36)31-18-10-19-33-40(31)37(48)25-39-41(33)32-17-7-9-22-38(32)49-39/h2-25H,1H3,(H,46,47). The lowest BCUT2D eigenvalue weighted by atomic mass is 9.82. The van der Waals surface area contributed by atoms with Crippen LogP contribution in [0.15, 0.2) is 151 Å². The predicted molar refractivity (Wildman–Crippen MR) is 208 cm³/mol. The molecule has 2 aliphatic heterocycles. The van der Waals surface area contributed by atoms with E-state index in [2.05, 4.69) is 151 Å². The molecule has 1 unspecified atom stereocenters. The predicted octanol–water partition coefficient (Wildman–Crippen LogP) is 11.8. The van der Waals surface area contributed by atoms with E-state index in [-0.39, 0.29) is 0 Å². The fourth-order valence-electron chi connectivity index (χ4n) is 8.39. The number of benzene rings is 7. The molecule has 4 heterocycles. The summed E-state index contributed by atoms with van der Waals surface area (Å²) in [6.45, 7) is 2.23. The molecule has 0 fully saturated rings. The zero-order valence-electron chi connectivity index (χ0n) is 26.6. The third-order valence-corrected chi connectivity index (χ3v) is 11.6. The molecule has 0 amide bonds. The molecule has 2 aromatic heterocycles. The van der Waals surface area contributed by atoms with Crippen molar-refractivity contribution < 1.29 is 0 Å². The van der Waals surface area contributed by atoms with Crippen LogP contribution < -0.4 is 10.2 Å². The van der Waals surface area contributed by atoms with Gasteiger partial charge in [-0.25, -0.2) is 4.99 Å². The molecule has 230 valence electrons. The van der Waals surface area contributed by atoms with Crippen LogP contribution in [0.1, 0.15) is 18.2 Å². The summed E-state index contributed by atoms with van der Waals surface area (Å²) in [5.41, 5.74) is 6.90. The van der Waals surface area contributed by atoms with E-state index >= 15 is 0 Å². The number of anilines is 3. The highest BCUT2D eigenvalue weighted by Gasteiger charge is 2.41. The molecule has 5 heteroatoms. The van der Waals surface area contributed by atoms with Gasteiger partial charge in [0.2, 0.25) is 5.96 Å². The Hall–Kier alpha value is -6.04. The third kappa shape index (κ3) is 3.62. The summed E-state index contributed by atoms with van der Waals surface area (Å²) in [5.74, 6) is 0.781. The second-order valence-corrected chi connectivity index (χ2v) is 14.3. The van der Waals surface area contributed by atoms with Crippen LogP contribution in [0.25, 0.3) is 63.6 Å². The van der Waals surface area contributed by atoms with Gasteiger partial charge in [0.15, 0.2) is 0 Å². The second kappa shape index (κ2) is 9.75. The van der Waals surface area contributed by atoms with Crippen molar-refractivity contribution in [2.45, 2.75) is 12.5 Å². The van der Waals surface area contributed by atoms with Gasteiger partial charge in [0, 0.05) is 37.3 Å². The van der Waals surface area contributed by atoms with Gasteiger partial charge >= 0.3 is 0 Å². The fourth-order valence-corrected chi connectivity index (χ4v) is 9.55. The summed E-state index contributed by atoms with van der Waals surface area (Å²) in [4.78, 5) is 13.1. The van der Waals surface area contributed by atoms with E-state index < -0.39 is 5.54 Å². The number of guanidine groups is 1. The van der Waals surface area contributed by atoms with Gasteiger partial charge in [0.25, 0.3) is 0 Å². The average molecular weight is 645 g/mol. The van der Waals surface area contributed by atoms with Crippen LogP contribution in [0, 0.1) is 0 Å². The van der Waals surface area contributed by atoms with Crippen LogP contribution in [-0.4, -0.2) is 10.9 Å². The summed E-state index contributed by atoms with van der Waals surface area (Å²) in [5, 5.41) is 13.8. The molecule has 4 nitrogen and oxygen atoms in total. The van der Waals surface area contributed by atoms with Gasteiger partial charge in [0.1, 0.15) is 5.54 Å². The molecule has 0 spiro atoms. The first-order valence-electron chi connectivity index (χ1n) is 16.7. The number of fused-ring (bicyclic) bond motifs is 10. The summed E-state index contributed by atoms with van der Waals surface area (Å²) in [6, 6.07) is 50.5. The monoisotopic (exact) mass is 644 g/mol. The summed E-state index contributed by atoms with van der Waals surface area (Å²) in [6.07, 6.45) is 1.88. The van der Waals surface area contributed by atoms with Gasteiger partial charge in [-0.2, -0.15) is 0 Å². The van der Waals surface area contributed by atoms with Crippen molar-refractivity contribution in [3.05, 3.63) is 157 Å². The van der Waals surface area contributed by atoms with Gasteiger partial charge in [0.05, 0.1) is 22.8 Å². The molecule has 2 aliphatic rings. The topological polar surface area (TPSA) is 40.5 Å². The first kappa shape index (κ1) is 27.0. The summed E-state index contributed by atoms with van der Waals surface area (Å²) in [7, 11) is 0. The zero-order valence-corrected chi connectivity index (χ0v) is 27.4. The van der Waals surface area contributed by atoms with E-state index in [9.17, 15) is 0 Å². The van der Waals surface area contributed by atoms with Crippen LogP contribution in [-0.2, 0) is 5.54 Å². The number of aromatic nitrogens is 1. The van der Waals surface area contributed by atoms with Gasteiger partial charge < -0.3 is 5.32 Å². The quantitative estimate of drug-likeness (QED) is 0.181. The van der Waals surface area contributed by atoms with Crippen molar-refractivity contribution in [1.29, 1.82) is 0 Å². The number of para-hydroxylation sites is 1. The number of hydrogen-bond acceptors (Lipinski definition) is 5. The second-order valence-electron chi connectivity index (χ2n) is 13.2. The van der Waals surface area contributed by atoms with Gasteiger partial charge in [-0.1, -0.05) is 103 Å². The molecule has 0 radical (unpaired) electrons. The van der Waals surface area contributed by atoms with Crippen LogP contribution in [0.5, 0.6) is 0 Å². The Morgan fingerprint density at radius 2 is 1.33 bits per heavy atom. The van der Waals surface area contributed by atoms with Crippen LogP contribution >= 0.6 is 11.3 Å². The van der Waals surface area contributed by atoms with Crippen LogP contribution in [0.3, 0.4) is 0 Å². The molecule has 49 heavy (non-hydrogen) atoms. The SMILES string of the molecule is CC1(c2cc3ccccc3c3ccccc23)N=C(N2c3ccccc3-c3cccc4c3c2cc2sc3ccccc3c24)Nc2cccnc21. The molecule has 0 saturated carbocycles. The molecule has 11 rings (SSSR count). The van der Waals surface area contributed by atoms with Crippen molar-refractivity contribution >= 4 is 86.8 Å². The van der Waals surface area contributed by atoms with Crippen molar-refractivity contribution in [2.75, 3.05) is 10.2 Å². The molecule has 1 N–H and O–H groups in total. The minimum absolute atomic E-state index is 0.781. The number of nitrogens with zero attached hydrogens (tertiary/aromatic N) is 3. The molecular formula is C44H28N4S. The number of aliphatic imine (C=N–C) groups is 1. The highest BCUT2D eigenvalue weighted by atomic mass is 32.1. The minimum atomic E-state index is -0.784. The normalized spacial score (nSPS) is 16.6. The van der Waals surface area contributed by atoms with Crippen molar-refractivity contribution in [3.8, 4) is 11.1 Å². The molecule has 7 aromatic carbocycles. The Bertz CT molecular complexity index is 2900. The maximum atomic E-state index is 5.76. The molecule has 9 aromatic rings. The van der Waals surface area contributed by atoms with Gasteiger partial charge in [-0.05, 0) is 81.4 Å². The Balaban J connectivity index is 1.24. The Morgan fingerprint density at radius 3 is 2.24 bits per heavy atom. The van der Waals surface area contributed by atoms with E-state index in [0.717, 1.165) is 34.3 Å². The zero-order chi connectivity index (χ0) is 32.3. The molecule has 0 saturated heterocycles. The van der Waals surface area contributed by atoms with Gasteiger partial charge in [-0.15, -0.1) is 11.3 Å². The third-order valence-electron chi connectivity index (χ3n) is 10.5. The maximum absolute atomic E-state index is 5.76. The first-order valence-corrected chi connectivity index (χ1v) is 17.5. The van der Waals surface area contributed by atoms with Crippen molar-refractivity contribution in [3.63, 3.8) is 0 Å². The maximum Gasteiger partial charge on any atom is 0.209 e. The minimum Gasteiger partial charge on any atom is -0.324 e.